The van der Waals surface area contributed by atoms with Gasteiger partial charge in [-0.1, -0.05) is 0 Å². The largest absolute Gasteiger partial charge is 0.490 e. The molecule has 2 N–H and O–H groups in total. The first-order valence-electron chi connectivity index (χ1n) is 33.5. The first-order valence-corrected chi connectivity index (χ1v) is 33.5. The van der Waals surface area contributed by atoms with Crippen LogP contribution in [0.3, 0.4) is 0 Å². The molecule has 102 heavy (non-hydrogen) atoms. The lowest BCUT2D eigenvalue weighted by Crippen LogP contribution is -2.11. The number of methoxy groups -OCH3 is 8. The molecule has 7 aromatic rings. The number of H-pyrrole nitrogens is 2. The third kappa shape index (κ3) is 22.0. The van der Waals surface area contributed by atoms with Gasteiger partial charge in [0.15, 0.2) is 36.9 Å². The minimum absolute atomic E-state index is 0.105. The minimum atomic E-state index is -0.198. The predicted molar refractivity (Wildman–Crippen MR) is 372 cm³/mol. The van der Waals surface area contributed by atoms with Gasteiger partial charge >= 0.3 is 0 Å². The number of rotatable bonds is 54. The zero-order valence-corrected chi connectivity index (χ0v) is 59.3. The van der Waals surface area contributed by atoms with Gasteiger partial charge in [0, 0.05) is 56.9 Å². The van der Waals surface area contributed by atoms with E-state index < -0.39 is 0 Å². The number of hydrogen-bond acceptors (Lipinski definition) is 30. The molecule has 9 rings (SSSR count). The van der Waals surface area contributed by atoms with Crippen LogP contribution in [0.2, 0.25) is 0 Å². The molecule has 2 aliphatic rings. The van der Waals surface area contributed by atoms with Crippen LogP contribution in [0.4, 0.5) is 0 Å². The van der Waals surface area contributed by atoms with E-state index in [9.17, 15) is 0 Å². The molecule has 8 bridgehead atoms. The van der Waals surface area contributed by atoms with E-state index >= 15 is 0 Å². The van der Waals surface area contributed by atoms with Crippen molar-refractivity contribution in [3.8, 4) is 91.5 Å². The highest BCUT2D eigenvalue weighted by atomic mass is 16.7. The van der Waals surface area contributed by atoms with Crippen LogP contribution in [-0.2, 0) is 75.8 Å². The maximum atomic E-state index is 6.69. The molecular weight excluding hydrogens is 1340 g/mol. The molecule has 0 saturated carbocycles. The maximum Gasteiger partial charge on any atom is 0.189 e. The lowest BCUT2D eigenvalue weighted by molar-refractivity contribution is -0.00973. The van der Waals surface area contributed by atoms with E-state index in [1.807, 2.05) is 0 Å². The summed E-state index contributed by atoms with van der Waals surface area (Å²) >= 11 is 0. The molecule has 3 aromatic heterocycles. The van der Waals surface area contributed by atoms with Crippen LogP contribution in [0.5, 0.6) is 46.0 Å². The molecule has 0 fully saturated rings. The summed E-state index contributed by atoms with van der Waals surface area (Å²) in [7, 11) is 12.8. The zero-order chi connectivity index (χ0) is 71.4. The van der Waals surface area contributed by atoms with Crippen molar-refractivity contribution in [1.82, 2.24) is 39.9 Å². The third-order valence-electron chi connectivity index (χ3n) is 15.1. The Morgan fingerprint density at radius 2 is 0.392 bits per heavy atom. The number of nitrogens with one attached hydrogen (secondary N) is 2. The van der Waals surface area contributed by atoms with Gasteiger partial charge in [-0.2, -0.15) is 0 Å². The quantitative estimate of drug-likeness (QED) is 0.0283. The van der Waals surface area contributed by atoms with Crippen molar-refractivity contribution in [2.75, 3.05) is 255 Å². The van der Waals surface area contributed by atoms with Crippen LogP contribution >= 0.6 is 0 Å². The number of ether oxygens (including phenoxy) is 24. The Bertz CT molecular complexity index is 3610. The molecule has 0 amide bonds. The molecule has 558 valence electrons. The molecule has 0 saturated heterocycles. The minimum Gasteiger partial charge on any atom is -0.490 e. The molecule has 32 heteroatoms. The van der Waals surface area contributed by atoms with Crippen molar-refractivity contribution in [2.45, 2.75) is 0 Å². The molecule has 0 aliphatic carbocycles. The van der Waals surface area contributed by atoms with E-state index in [4.69, 9.17) is 144 Å². The fourth-order valence-electron chi connectivity index (χ4n) is 10.4. The number of nitrogens with zero attached hydrogens (tertiary/aromatic N) is 6. The topological polar surface area (TPSA) is 330 Å². The highest BCUT2D eigenvalue weighted by molar-refractivity contribution is 6.13. The van der Waals surface area contributed by atoms with Crippen LogP contribution in [0, 0.1) is 0 Å². The van der Waals surface area contributed by atoms with E-state index in [1.165, 1.54) is 0 Å². The van der Waals surface area contributed by atoms with Crippen LogP contribution in [-0.4, -0.2) is 295 Å². The van der Waals surface area contributed by atoms with Gasteiger partial charge in [-0.15, -0.1) is 0 Å². The Kier molecular flexibility index (Phi) is 33.6. The van der Waals surface area contributed by atoms with E-state index in [0.717, 1.165) is 0 Å². The van der Waals surface area contributed by atoms with Crippen LogP contribution in [0.1, 0.15) is 0 Å². The highest BCUT2D eigenvalue weighted by Crippen LogP contribution is 2.50. The number of aromatic nitrogens is 8. The van der Waals surface area contributed by atoms with Gasteiger partial charge in [-0.25, -0.2) is 29.9 Å². The van der Waals surface area contributed by atoms with Crippen molar-refractivity contribution < 1.29 is 114 Å². The second-order valence-electron chi connectivity index (χ2n) is 21.9. The summed E-state index contributed by atoms with van der Waals surface area (Å²) in [5.74, 6) is 3.30. The summed E-state index contributed by atoms with van der Waals surface area (Å²) in [6.45, 7) is 7.01. The molecule has 0 spiro atoms. The van der Waals surface area contributed by atoms with Gasteiger partial charge in [0.05, 0.1) is 189 Å². The van der Waals surface area contributed by atoms with Crippen LogP contribution < -0.4 is 37.9 Å². The van der Waals surface area contributed by atoms with Crippen molar-refractivity contribution in [3.05, 3.63) is 48.5 Å². The van der Waals surface area contributed by atoms with Gasteiger partial charge in [0.2, 0.25) is 0 Å². The number of aromatic amines is 2. The Morgan fingerprint density at radius 3 is 0.618 bits per heavy atom. The van der Waals surface area contributed by atoms with Gasteiger partial charge in [-0.3, -0.25) is 0 Å². The summed E-state index contributed by atoms with van der Waals surface area (Å²) in [6.07, 6.45) is 0. The van der Waals surface area contributed by atoms with E-state index in [0.29, 0.717) is 182 Å². The summed E-state index contributed by atoms with van der Waals surface area (Å²) < 4.78 is 143. The molecule has 0 radical (unpaired) electrons. The molecule has 5 heterocycles. The summed E-state index contributed by atoms with van der Waals surface area (Å²) in [6, 6.07) is 14.2. The standard InChI is InChI=1S/C70H94N8O24/c1-79-17-25-87-33-39-95-47-9-10-48(96-40-34-88-26-18-80-2)56-55(47)63-71-64(56)73-66-58-50(98-42-36-90-28-20-82-4)12-14-52(100-44-38-92-30-22-84-6)60(58)68(75-66)77-70-62-54(102-46-94-32-24-86-8)16-15-53(101-45-93-31-23-85-7)61(62)69(78-70)76-67-59-51(99-43-37-91-29-21-83-5)13-11-49(57(59)65(72-63)74-67)97-41-35-89-27-19-81-3/h9-16H,17-46H2,1-8H3,(H2,71,72,73,74,75,76,77,78). The summed E-state index contributed by atoms with van der Waals surface area (Å²) in [5.41, 5.74) is 2.40. The number of hydrogen-bond donors (Lipinski definition) is 2. The second kappa shape index (κ2) is 43.8. The maximum absolute atomic E-state index is 6.69. The Balaban J connectivity index is 1.43. The third-order valence-corrected chi connectivity index (χ3v) is 15.1. The van der Waals surface area contributed by atoms with Crippen molar-refractivity contribution in [2.24, 2.45) is 0 Å². The molecule has 0 atom stereocenters. The number of fused-ring (bicyclic) bond motifs is 20. The predicted octanol–water partition coefficient (Wildman–Crippen LogP) is 7.12. The fraction of sp³-hybridized carbons (Fsp3) is 0.543. The lowest BCUT2D eigenvalue weighted by atomic mass is 10.1. The second-order valence-corrected chi connectivity index (χ2v) is 21.9. The normalized spacial score (nSPS) is 11.8. The average Bonchev–Trinajstić information content (AvgIpc) is 1.58. The van der Waals surface area contributed by atoms with Crippen molar-refractivity contribution in [3.63, 3.8) is 0 Å². The first kappa shape index (κ1) is 78.1. The Labute approximate surface area is 591 Å². The van der Waals surface area contributed by atoms with Crippen LogP contribution in [0.15, 0.2) is 48.5 Å². The van der Waals surface area contributed by atoms with Gasteiger partial charge in [0.25, 0.3) is 0 Å². The van der Waals surface area contributed by atoms with Crippen molar-refractivity contribution in [1.29, 1.82) is 0 Å². The van der Waals surface area contributed by atoms with Crippen LogP contribution in [0.25, 0.3) is 89.7 Å². The SMILES string of the molecule is COCCOCCOc1ccc(OCCOCCOC)c2c1-c1nc-2nc2[nH]c(nc3nc(nc4[nH]c(n1)c1c(OCCOCCOC)ccc(OCCOCCOC)c41)-c1c(OCOCCOC)ccc(OCOCCOC)c1-3)c1c(OCCOCCOC)ccc(OCCOCCOC)c21. The summed E-state index contributed by atoms with van der Waals surface area (Å²) in [5, 5.41) is 1.72. The van der Waals surface area contributed by atoms with Gasteiger partial charge in [-0.05, 0) is 48.5 Å². The lowest BCUT2D eigenvalue weighted by Gasteiger charge is -2.15. The fourth-order valence-corrected chi connectivity index (χ4v) is 10.4. The molecule has 0 unspecified atom stereocenters. The summed E-state index contributed by atoms with van der Waals surface area (Å²) in [4.78, 5) is 39.8. The van der Waals surface area contributed by atoms with Gasteiger partial charge in [0.1, 0.15) is 108 Å². The molecular formula is C70H94N8O24. The number of benzene rings is 4. The molecule has 32 nitrogen and oxygen atoms in total. The van der Waals surface area contributed by atoms with E-state index in [2.05, 4.69) is 9.97 Å². The smallest absolute Gasteiger partial charge is 0.189 e. The first-order chi connectivity index (χ1) is 50.4. The van der Waals surface area contributed by atoms with E-state index in [-0.39, 0.29) is 152 Å². The zero-order valence-electron chi connectivity index (χ0n) is 59.3. The average molecular weight is 1430 g/mol. The highest BCUT2D eigenvalue weighted by Gasteiger charge is 2.33. The van der Waals surface area contributed by atoms with Crippen molar-refractivity contribution >= 4 is 44.1 Å². The van der Waals surface area contributed by atoms with Gasteiger partial charge < -0.3 is 124 Å². The van der Waals surface area contributed by atoms with E-state index in [1.54, 1.807) is 105 Å². The molecule has 2 aliphatic heterocycles. The Morgan fingerprint density at radius 1 is 0.206 bits per heavy atom. The Hall–Kier alpha value is -8.00. The monoisotopic (exact) mass is 1430 g/mol. The molecule has 4 aromatic carbocycles.